The van der Waals surface area contributed by atoms with Gasteiger partial charge in [0.25, 0.3) is 0 Å². The van der Waals surface area contributed by atoms with Crippen molar-refractivity contribution in [3.8, 4) is 17.0 Å². The summed E-state index contributed by atoms with van der Waals surface area (Å²) in [6, 6.07) is 14.9. The summed E-state index contributed by atoms with van der Waals surface area (Å²) >= 11 is 0. The van der Waals surface area contributed by atoms with Gasteiger partial charge in [-0.2, -0.15) is 0 Å². The van der Waals surface area contributed by atoms with Crippen LogP contribution in [0, 0.1) is 13.8 Å². The number of nitrogens with zero attached hydrogens (tertiary/aromatic N) is 4. The smallest absolute Gasteiger partial charge is 0.156 e. The highest BCUT2D eigenvalue weighted by Gasteiger charge is 2.27. The number of hydrogen-bond donors (Lipinski definition) is 0. The molecule has 212 valence electrons. The third-order valence-electron chi connectivity index (χ3n) is 8.24. The molecule has 2 heterocycles. The molecule has 1 fully saturated rings. The van der Waals surface area contributed by atoms with E-state index in [9.17, 15) is 4.79 Å². The van der Waals surface area contributed by atoms with Gasteiger partial charge in [-0.1, -0.05) is 29.8 Å². The fraction of sp³-hybridized carbons (Fsp3) is 0.382. The predicted molar refractivity (Wildman–Crippen MR) is 161 cm³/mol. The third-order valence-corrected chi connectivity index (χ3v) is 8.24. The molecule has 1 saturated heterocycles. The van der Waals surface area contributed by atoms with Crippen LogP contribution in [0.15, 0.2) is 65.9 Å². The van der Waals surface area contributed by atoms with Gasteiger partial charge in [-0.3, -0.25) is 9.69 Å². The van der Waals surface area contributed by atoms with E-state index >= 15 is 0 Å². The Balaban J connectivity index is 1.08. The lowest BCUT2D eigenvalue weighted by Crippen LogP contribution is -2.48. The van der Waals surface area contributed by atoms with Crippen molar-refractivity contribution in [2.24, 2.45) is 0 Å². The van der Waals surface area contributed by atoms with Gasteiger partial charge in [0.05, 0.1) is 5.69 Å². The van der Waals surface area contributed by atoms with E-state index in [-0.39, 0.29) is 5.78 Å². The maximum absolute atomic E-state index is 11.5. The molecule has 41 heavy (non-hydrogen) atoms. The number of piperazine rings is 1. The molecule has 3 aliphatic rings. The van der Waals surface area contributed by atoms with Crippen LogP contribution >= 0.6 is 0 Å². The summed E-state index contributed by atoms with van der Waals surface area (Å²) in [6.07, 6.45) is 6.43. The second-order valence-corrected chi connectivity index (χ2v) is 11.2. The fourth-order valence-electron chi connectivity index (χ4n) is 5.83. The molecule has 3 aromatic rings. The lowest BCUT2D eigenvalue weighted by Gasteiger charge is -2.37. The molecule has 0 unspecified atom stereocenters. The van der Waals surface area contributed by atoms with E-state index < -0.39 is 0 Å². The minimum atomic E-state index is 0.120. The first kappa shape index (κ1) is 27.2. The van der Waals surface area contributed by atoms with E-state index in [1.165, 1.54) is 27.8 Å². The summed E-state index contributed by atoms with van der Waals surface area (Å²) in [5.74, 6) is 3.74. The molecule has 0 N–H and O–H groups in total. The number of carbonyl (C=O) groups is 1. The number of allylic oxidation sites excluding steroid dienone is 3. The van der Waals surface area contributed by atoms with Gasteiger partial charge in [-0.25, -0.2) is 9.97 Å². The fourth-order valence-corrected chi connectivity index (χ4v) is 5.83. The highest BCUT2D eigenvalue weighted by Crippen LogP contribution is 2.38. The zero-order chi connectivity index (χ0) is 28.3. The number of carbonyl (C=O) groups excluding carboxylic acids is 1. The molecule has 6 rings (SSSR count). The van der Waals surface area contributed by atoms with Gasteiger partial charge < -0.3 is 14.4 Å². The lowest BCUT2D eigenvalue weighted by atomic mass is 9.88. The lowest BCUT2D eigenvalue weighted by molar-refractivity contribution is -0.113. The summed E-state index contributed by atoms with van der Waals surface area (Å²) in [5, 5.41) is 0. The standard InChI is InChI=1S/C34H38N4O3/c1-23-4-6-26(7-5-23)22-41-30-11-13-31-28(21-30)9-12-32-33(31)35-25(3)36-34(32)38-16-14-37(15-17-38)18-19-40-29-10-8-27(20-29)24(2)39/h4-7,10-11,13,20-21H,8-9,12,14-19,22H2,1-3H3. The highest BCUT2D eigenvalue weighted by atomic mass is 16.5. The van der Waals surface area contributed by atoms with Crippen LogP contribution in [0.5, 0.6) is 5.75 Å². The Bertz CT molecular complexity index is 1500. The molecule has 0 atom stereocenters. The summed E-state index contributed by atoms with van der Waals surface area (Å²) < 4.78 is 12.1. The van der Waals surface area contributed by atoms with Crippen molar-refractivity contribution < 1.29 is 14.3 Å². The highest BCUT2D eigenvalue weighted by molar-refractivity contribution is 5.94. The van der Waals surface area contributed by atoms with E-state index in [1.54, 1.807) is 6.92 Å². The van der Waals surface area contributed by atoms with Crippen molar-refractivity contribution in [1.82, 2.24) is 14.9 Å². The Morgan fingerprint density at radius 3 is 2.51 bits per heavy atom. The number of aryl methyl sites for hydroxylation is 3. The van der Waals surface area contributed by atoms with E-state index in [2.05, 4.69) is 59.2 Å². The van der Waals surface area contributed by atoms with Gasteiger partial charge in [0.2, 0.25) is 0 Å². The Labute approximate surface area is 242 Å². The van der Waals surface area contributed by atoms with Crippen LogP contribution in [-0.4, -0.2) is 60.0 Å². The number of anilines is 1. The quantitative estimate of drug-likeness (QED) is 0.354. The summed E-state index contributed by atoms with van der Waals surface area (Å²) in [5.41, 5.74) is 8.06. The second-order valence-electron chi connectivity index (χ2n) is 11.2. The second kappa shape index (κ2) is 11.9. The van der Waals surface area contributed by atoms with Crippen LogP contribution in [-0.2, 0) is 29.0 Å². The number of ketones is 1. The van der Waals surface area contributed by atoms with Crippen molar-refractivity contribution in [3.63, 3.8) is 0 Å². The molecule has 1 aromatic heterocycles. The molecule has 7 heteroatoms. The minimum Gasteiger partial charge on any atom is -0.493 e. The zero-order valence-corrected chi connectivity index (χ0v) is 24.3. The van der Waals surface area contributed by atoms with E-state index in [0.29, 0.717) is 19.6 Å². The topological polar surface area (TPSA) is 67.8 Å². The Morgan fingerprint density at radius 2 is 1.76 bits per heavy atom. The van der Waals surface area contributed by atoms with Gasteiger partial charge >= 0.3 is 0 Å². The first-order valence-electron chi connectivity index (χ1n) is 14.6. The summed E-state index contributed by atoms with van der Waals surface area (Å²) in [4.78, 5) is 26.3. The molecule has 2 aliphatic carbocycles. The number of benzene rings is 2. The number of aromatic nitrogens is 2. The first-order chi connectivity index (χ1) is 19.9. The molecular weight excluding hydrogens is 512 g/mol. The van der Waals surface area contributed by atoms with E-state index in [1.807, 2.05) is 19.1 Å². The Kier molecular flexibility index (Phi) is 7.88. The SMILES string of the molecule is CC(=O)C1=CC(OCCN2CCN(c3nc(C)nc4c3CCc3cc(OCc5ccc(C)cc5)ccc3-4)CC2)=CC1. The molecule has 0 saturated carbocycles. The molecule has 0 radical (unpaired) electrons. The monoisotopic (exact) mass is 550 g/mol. The van der Waals surface area contributed by atoms with Crippen molar-refractivity contribution >= 4 is 11.6 Å². The van der Waals surface area contributed by atoms with Gasteiger partial charge in [0.1, 0.15) is 36.4 Å². The Hall–Kier alpha value is -3.97. The normalized spacial score (nSPS) is 16.5. The average Bonchev–Trinajstić information content (AvgIpc) is 3.46. The van der Waals surface area contributed by atoms with Crippen LogP contribution in [0.1, 0.15) is 41.4 Å². The molecule has 2 aromatic carbocycles. The van der Waals surface area contributed by atoms with E-state index in [4.69, 9.17) is 19.4 Å². The predicted octanol–water partition coefficient (Wildman–Crippen LogP) is 5.38. The molecular formula is C34H38N4O3. The third kappa shape index (κ3) is 6.20. The number of rotatable bonds is 9. The molecule has 0 spiro atoms. The molecule has 7 nitrogen and oxygen atoms in total. The van der Waals surface area contributed by atoms with Gasteiger partial charge in [0.15, 0.2) is 5.78 Å². The zero-order valence-electron chi connectivity index (χ0n) is 24.3. The minimum absolute atomic E-state index is 0.120. The van der Waals surface area contributed by atoms with Crippen molar-refractivity contribution in [3.05, 3.63) is 94.0 Å². The van der Waals surface area contributed by atoms with Crippen LogP contribution in [0.3, 0.4) is 0 Å². The van der Waals surface area contributed by atoms with Crippen LogP contribution in [0.25, 0.3) is 11.3 Å². The van der Waals surface area contributed by atoms with E-state index in [0.717, 1.165) is 80.0 Å². The van der Waals surface area contributed by atoms with Crippen molar-refractivity contribution in [1.29, 1.82) is 0 Å². The summed E-state index contributed by atoms with van der Waals surface area (Å²) in [7, 11) is 0. The Morgan fingerprint density at radius 1 is 0.951 bits per heavy atom. The van der Waals surface area contributed by atoms with Crippen LogP contribution < -0.4 is 9.64 Å². The average molecular weight is 551 g/mol. The number of hydrogen-bond acceptors (Lipinski definition) is 7. The number of fused-ring (bicyclic) bond motifs is 3. The first-order valence-corrected chi connectivity index (χ1v) is 14.6. The molecule has 1 aliphatic heterocycles. The maximum Gasteiger partial charge on any atom is 0.156 e. The van der Waals surface area contributed by atoms with Gasteiger partial charge in [0, 0.05) is 49.4 Å². The van der Waals surface area contributed by atoms with Gasteiger partial charge in [-0.15, -0.1) is 0 Å². The summed E-state index contributed by atoms with van der Waals surface area (Å²) in [6.45, 7) is 11.6. The van der Waals surface area contributed by atoms with Crippen LogP contribution in [0.2, 0.25) is 0 Å². The number of ether oxygens (including phenoxy) is 2. The van der Waals surface area contributed by atoms with Crippen molar-refractivity contribution in [2.75, 3.05) is 44.2 Å². The maximum atomic E-state index is 11.5. The molecule has 0 bridgehead atoms. The largest absolute Gasteiger partial charge is 0.493 e. The molecule has 0 amide bonds. The van der Waals surface area contributed by atoms with Gasteiger partial charge in [-0.05, 0) is 81.5 Å². The number of Topliss-reactive ketones (excluding diaryl/α,β-unsaturated/α-hetero) is 1. The van der Waals surface area contributed by atoms with Crippen LogP contribution in [0.4, 0.5) is 5.82 Å². The van der Waals surface area contributed by atoms with Crippen molar-refractivity contribution in [2.45, 2.75) is 46.6 Å².